The molecule has 1 aromatic rings. The quantitative estimate of drug-likeness (QED) is 0.449. The van der Waals surface area contributed by atoms with Gasteiger partial charge in [0.2, 0.25) is 0 Å². The second kappa shape index (κ2) is 6.80. The minimum absolute atomic E-state index is 0.243. The van der Waals surface area contributed by atoms with Gasteiger partial charge in [-0.2, -0.15) is 0 Å². The third-order valence-electron chi connectivity index (χ3n) is 2.51. The second-order valence-corrected chi connectivity index (χ2v) is 5.90. The van der Waals surface area contributed by atoms with Crippen LogP contribution in [-0.4, -0.2) is 0 Å². The predicted molar refractivity (Wildman–Crippen MR) is 75.0 cm³/mol. The number of benzene rings is 1. The molecule has 0 aliphatic carbocycles. The minimum Gasteiger partial charge on any atom is -0.207 e. The van der Waals surface area contributed by atoms with Crippen molar-refractivity contribution in [2.75, 3.05) is 0 Å². The summed E-state index contributed by atoms with van der Waals surface area (Å²) in [6.45, 7) is 12.0. The van der Waals surface area contributed by atoms with Crippen molar-refractivity contribution in [2.24, 2.45) is 0 Å². The van der Waals surface area contributed by atoms with E-state index >= 15 is 0 Å². The molecule has 0 unspecified atom stereocenters. The van der Waals surface area contributed by atoms with Crippen molar-refractivity contribution in [3.05, 3.63) is 46.8 Å². The molecule has 0 amide bonds. The molecule has 0 N–H and O–H groups in total. The van der Waals surface area contributed by atoms with Gasteiger partial charge in [-0.1, -0.05) is 29.3 Å². The molecule has 0 radical (unpaired) electrons. The Bertz CT molecular complexity index is 368. The Kier molecular flexibility index (Phi) is 6.48. The van der Waals surface area contributed by atoms with Crippen LogP contribution in [0.3, 0.4) is 0 Å². The third kappa shape index (κ3) is 6.48. The normalized spacial score (nSPS) is 10.4. The second-order valence-electron chi connectivity index (χ2n) is 4.95. The molecule has 0 saturated carbocycles. The summed E-state index contributed by atoms with van der Waals surface area (Å²) in [5.41, 5.74) is 3.40. The first kappa shape index (κ1) is 16.2. The van der Waals surface area contributed by atoms with Crippen LogP contribution in [0.4, 0.5) is 4.39 Å². The van der Waals surface area contributed by atoms with E-state index in [9.17, 15) is 4.39 Å². The Labute approximate surface area is 110 Å². The molecule has 2 heteroatoms. The Morgan fingerprint density at radius 3 is 1.65 bits per heavy atom. The predicted octanol–water partition coefficient (Wildman–Crippen LogP) is 5.66. The lowest BCUT2D eigenvalue weighted by atomic mass is 10.0. The number of alkyl halides is 1. The molecule has 0 aromatic heterocycles. The number of halogens is 2. The molecule has 0 nitrogen and oxygen atoms in total. The van der Waals surface area contributed by atoms with Crippen molar-refractivity contribution >= 4 is 11.6 Å². The van der Waals surface area contributed by atoms with E-state index in [0.29, 0.717) is 5.56 Å². The smallest absolute Gasteiger partial charge is 0.128 e. The lowest BCUT2D eigenvalue weighted by Crippen LogP contribution is -2.09. The van der Waals surface area contributed by atoms with E-state index in [1.807, 2.05) is 0 Å². The largest absolute Gasteiger partial charge is 0.207 e. The average Bonchev–Trinajstić information content (AvgIpc) is 2.17. The molecule has 17 heavy (non-hydrogen) atoms. The lowest BCUT2D eigenvalue weighted by molar-refractivity contribution is 0.583. The summed E-state index contributed by atoms with van der Waals surface area (Å²) >= 11 is 5.92. The van der Waals surface area contributed by atoms with Gasteiger partial charge in [0.25, 0.3) is 0 Å². The van der Waals surface area contributed by atoms with Gasteiger partial charge in [0.1, 0.15) is 5.82 Å². The highest BCUT2D eigenvalue weighted by Gasteiger charge is 2.19. The Balaban J connectivity index is 0.000000366. The van der Waals surface area contributed by atoms with Crippen LogP contribution < -0.4 is 0 Å². The molecule has 0 heterocycles. The average molecular weight is 257 g/mol. The first-order valence-corrected chi connectivity index (χ1v) is 6.08. The van der Waals surface area contributed by atoms with Gasteiger partial charge >= 0.3 is 0 Å². The fraction of sp³-hybridized carbons (Fsp3) is 0.467. The van der Waals surface area contributed by atoms with E-state index in [1.54, 1.807) is 32.0 Å². The van der Waals surface area contributed by atoms with Gasteiger partial charge in [-0.05, 0) is 47.6 Å². The molecule has 96 valence electrons. The fourth-order valence-electron chi connectivity index (χ4n) is 0.943. The summed E-state index contributed by atoms with van der Waals surface area (Å²) in [6.07, 6.45) is 0. The zero-order chi connectivity index (χ0) is 13.6. The Hall–Kier alpha value is -0.820. The van der Waals surface area contributed by atoms with Gasteiger partial charge in [0.15, 0.2) is 0 Å². The van der Waals surface area contributed by atoms with Crippen LogP contribution in [0.1, 0.15) is 47.1 Å². The van der Waals surface area contributed by atoms with Gasteiger partial charge in [-0.25, -0.2) is 4.39 Å². The molecular formula is C15H22ClF. The van der Waals surface area contributed by atoms with E-state index in [0.717, 1.165) is 0 Å². The number of allylic oxidation sites excluding steroid dienone is 2. The maximum absolute atomic E-state index is 13.0. The molecule has 0 atom stereocenters. The highest BCUT2D eigenvalue weighted by atomic mass is 35.5. The molecular weight excluding hydrogens is 235 g/mol. The van der Waals surface area contributed by atoms with Crippen molar-refractivity contribution in [3.8, 4) is 0 Å². The zero-order valence-electron chi connectivity index (χ0n) is 11.6. The van der Waals surface area contributed by atoms with Crippen LogP contribution in [0.25, 0.3) is 0 Å². The molecule has 0 bridgehead atoms. The monoisotopic (exact) mass is 256 g/mol. The first-order chi connectivity index (χ1) is 7.66. The van der Waals surface area contributed by atoms with Crippen molar-refractivity contribution in [3.63, 3.8) is 0 Å². The summed E-state index contributed by atoms with van der Waals surface area (Å²) in [5, 5.41) is 0. The Morgan fingerprint density at radius 2 is 1.41 bits per heavy atom. The van der Waals surface area contributed by atoms with Crippen LogP contribution in [0.15, 0.2) is 35.4 Å². The highest BCUT2D eigenvalue weighted by molar-refractivity contribution is 6.23. The van der Waals surface area contributed by atoms with Crippen molar-refractivity contribution in [1.82, 2.24) is 0 Å². The van der Waals surface area contributed by atoms with Gasteiger partial charge in [-0.15, -0.1) is 11.6 Å². The van der Waals surface area contributed by atoms with Gasteiger partial charge in [0, 0.05) is 5.56 Å². The lowest BCUT2D eigenvalue weighted by Gasteiger charge is -2.16. The van der Waals surface area contributed by atoms with E-state index in [2.05, 4.69) is 27.7 Å². The van der Waals surface area contributed by atoms with E-state index in [4.69, 9.17) is 11.6 Å². The Morgan fingerprint density at radius 1 is 1.00 bits per heavy atom. The van der Waals surface area contributed by atoms with E-state index in [-0.39, 0.29) is 5.82 Å². The van der Waals surface area contributed by atoms with Crippen LogP contribution in [0.5, 0.6) is 0 Å². The maximum Gasteiger partial charge on any atom is 0.128 e. The van der Waals surface area contributed by atoms with Crippen LogP contribution in [-0.2, 0) is 4.87 Å². The summed E-state index contributed by atoms with van der Waals surface area (Å²) < 4.78 is 13.0. The topological polar surface area (TPSA) is 0 Å². The molecule has 0 spiro atoms. The summed E-state index contributed by atoms with van der Waals surface area (Å²) in [5.74, 6) is -0.243. The van der Waals surface area contributed by atoms with Gasteiger partial charge in [-0.3, -0.25) is 0 Å². The van der Waals surface area contributed by atoms with Gasteiger partial charge < -0.3 is 0 Å². The first-order valence-electron chi connectivity index (χ1n) is 5.71. The molecule has 1 aromatic carbocycles. The van der Waals surface area contributed by atoms with Crippen LogP contribution in [0, 0.1) is 5.82 Å². The third-order valence-corrected chi connectivity index (χ3v) is 2.72. The summed E-state index contributed by atoms with van der Waals surface area (Å²) in [4.78, 5) is -0.620. The molecule has 0 fully saturated rings. The van der Waals surface area contributed by atoms with Crippen molar-refractivity contribution < 1.29 is 4.39 Å². The fourth-order valence-corrected chi connectivity index (χ4v) is 1.10. The molecule has 0 aliphatic heterocycles. The highest BCUT2D eigenvalue weighted by Crippen LogP contribution is 2.29. The molecule has 0 saturated heterocycles. The van der Waals surface area contributed by atoms with Crippen molar-refractivity contribution in [1.29, 1.82) is 0 Å². The SMILES string of the molecule is CC(C)(Cl)c1ccccc1F.CC(C)=C(C)C. The number of hydrogen-bond donors (Lipinski definition) is 0. The van der Waals surface area contributed by atoms with Crippen molar-refractivity contribution in [2.45, 2.75) is 46.4 Å². The number of hydrogen-bond acceptors (Lipinski definition) is 0. The maximum atomic E-state index is 13.0. The van der Waals surface area contributed by atoms with Crippen LogP contribution in [0.2, 0.25) is 0 Å². The number of rotatable bonds is 1. The van der Waals surface area contributed by atoms with Gasteiger partial charge in [0.05, 0.1) is 4.87 Å². The summed E-state index contributed by atoms with van der Waals surface area (Å²) in [6, 6.07) is 6.55. The molecule has 1 rings (SSSR count). The van der Waals surface area contributed by atoms with Crippen LogP contribution >= 0.6 is 11.6 Å². The zero-order valence-corrected chi connectivity index (χ0v) is 12.3. The van der Waals surface area contributed by atoms with E-state index < -0.39 is 4.87 Å². The molecule has 0 aliphatic rings. The van der Waals surface area contributed by atoms with E-state index in [1.165, 1.54) is 17.2 Å². The standard InChI is InChI=1S/C9H10ClF.C6H12/c1-9(2,10)7-5-3-4-6-8(7)11;1-5(2)6(3)4/h3-6H,1-2H3;1-4H3. The summed E-state index contributed by atoms with van der Waals surface area (Å²) in [7, 11) is 0. The minimum atomic E-state index is -0.620.